The molecule has 0 unspecified atom stereocenters. The van der Waals surface area contributed by atoms with Gasteiger partial charge in [-0.1, -0.05) is 19.8 Å². The fourth-order valence-corrected chi connectivity index (χ4v) is 2.59. The maximum atomic E-state index is 5.60. The lowest BCUT2D eigenvalue weighted by molar-refractivity contribution is 0.306. The van der Waals surface area contributed by atoms with Crippen molar-refractivity contribution in [1.82, 2.24) is 15.0 Å². The van der Waals surface area contributed by atoms with E-state index in [1.165, 1.54) is 39.2 Å². The molecule has 0 amide bonds. The quantitative estimate of drug-likeness (QED) is 0.830. The molecule has 0 aromatic carbocycles. The van der Waals surface area contributed by atoms with Crippen LogP contribution in [0.4, 0.5) is 11.9 Å². The normalized spacial score (nSPS) is 17.7. The van der Waals surface area contributed by atoms with E-state index in [9.17, 15) is 0 Å². The van der Waals surface area contributed by atoms with Gasteiger partial charge in [0.15, 0.2) is 0 Å². The smallest absolute Gasteiger partial charge is 0.322 e. The van der Waals surface area contributed by atoms with Crippen molar-refractivity contribution in [2.24, 2.45) is 5.41 Å². The highest BCUT2D eigenvalue weighted by Gasteiger charge is 2.31. The van der Waals surface area contributed by atoms with E-state index < -0.39 is 0 Å². The number of aromatic nitrogens is 3. The molecule has 1 saturated carbocycles. The van der Waals surface area contributed by atoms with Crippen LogP contribution in [0, 0.1) is 5.41 Å². The first kappa shape index (κ1) is 12.9. The van der Waals surface area contributed by atoms with Gasteiger partial charge < -0.3 is 15.8 Å². The van der Waals surface area contributed by atoms with Gasteiger partial charge in [0.2, 0.25) is 11.9 Å². The Kier molecular flexibility index (Phi) is 3.84. The van der Waals surface area contributed by atoms with Gasteiger partial charge in [-0.2, -0.15) is 15.0 Å². The van der Waals surface area contributed by atoms with Crippen LogP contribution in [0.25, 0.3) is 0 Å². The minimum absolute atomic E-state index is 0.182. The summed E-state index contributed by atoms with van der Waals surface area (Å²) in [6.07, 6.45) is 6.36. The number of hydrogen-bond donors (Lipinski definition) is 2. The van der Waals surface area contributed by atoms with Crippen LogP contribution < -0.4 is 15.8 Å². The molecule has 1 heterocycles. The summed E-state index contributed by atoms with van der Waals surface area (Å²) in [6, 6.07) is 0.252. The maximum absolute atomic E-state index is 5.60. The predicted octanol–water partition coefficient (Wildman–Crippen LogP) is 1.84. The Hall–Kier alpha value is -1.59. The second kappa shape index (κ2) is 5.37. The van der Waals surface area contributed by atoms with E-state index in [0.717, 1.165) is 6.54 Å². The Morgan fingerprint density at radius 2 is 2.00 bits per heavy atom. The van der Waals surface area contributed by atoms with Gasteiger partial charge in [-0.15, -0.1) is 0 Å². The summed E-state index contributed by atoms with van der Waals surface area (Å²) in [7, 11) is 1.52. The molecule has 0 saturated heterocycles. The highest BCUT2D eigenvalue weighted by Crippen LogP contribution is 2.40. The number of hydrogen-bond acceptors (Lipinski definition) is 6. The third-order valence-electron chi connectivity index (χ3n) is 3.85. The van der Waals surface area contributed by atoms with E-state index in [4.69, 9.17) is 10.5 Å². The van der Waals surface area contributed by atoms with Crippen molar-refractivity contribution in [1.29, 1.82) is 0 Å². The number of nitrogen functional groups attached to an aromatic ring is 1. The molecule has 1 fully saturated rings. The molecule has 1 aliphatic carbocycles. The summed E-state index contributed by atoms with van der Waals surface area (Å²) < 4.78 is 4.98. The highest BCUT2D eigenvalue weighted by atomic mass is 16.5. The van der Waals surface area contributed by atoms with E-state index in [1.807, 2.05) is 0 Å². The molecule has 1 aromatic heterocycles. The average molecular weight is 251 g/mol. The summed E-state index contributed by atoms with van der Waals surface area (Å²) in [5.74, 6) is 0.681. The zero-order valence-electron chi connectivity index (χ0n) is 11.1. The molecule has 3 N–H and O–H groups in total. The first-order valence-electron chi connectivity index (χ1n) is 6.47. The number of nitrogens with zero attached hydrogens (tertiary/aromatic N) is 3. The van der Waals surface area contributed by atoms with Gasteiger partial charge in [0.25, 0.3) is 0 Å². The first-order valence-corrected chi connectivity index (χ1v) is 6.47. The van der Waals surface area contributed by atoms with E-state index in [-0.39, 0.29) is 12.0 Å². The Balaban J connectivity index is 2.03. The van der Waals surface area contributed by atoms with Crippen LogP contribution in [0.3, 0.4) is 0 Å². The van der Waals surface area contributed by atoms with Crippen molar-refractivity contribution in [3.63, 3.8) is 0 Å². The molecule has 6 nitrogen and oxygen atoms in total. The van der Waals surface area contributed by atoms with Crippen LogP contribution in [0.15, 0.2) is 0 Å². The van der Waals surface area contributed by atoms with Crippen LogP contribution in [0.2, 0.25) is 0 Å². The molecule has 100 valence electrons. The van der Waals surface area contributed by atoms with Crippen molar-refractivity contribution >= 4 is 11.9 Å². The molecule has 0 bridgehead atoms. The Morgan fingerprint density at radius 1 is 1.28 bits per heavy atom. The van der Waals surface area contributed by atoms with Crippen LogP contribution >= 0.6 is 0 Å². The van der Waals surface area contributed by atoms with Crippen LogP contribution in [0.5, 0.6) is 6.01 Å². The molecular formula is C12H21N5O. The zero-order valence-corrected chi connectivity index (χ0v) is 11.1. The molecule has 1 aliphatic rings. The van der Waals surface area contributed by atoms with Gasteiger partial charge >= 0.3 is 6.01 Å². The molecule has 0 aliphatic heterocycles. The summed E-state index contributed by atoms with van der Waals surface area (Å²) in [4.78, 5) is 12.1. The number of nitrogens with one attached hydrogen (secondary N) is 1. The third-order valence-corrected chi connectivity index (χ3v) is 3.85. The Morgan fingerprint density at radius 3 is 2.61 bits per heavy atom. The van der Waals surface area contributed by atoms with Crippen LogP contribution in [-0.4, -0.2) is 28.6 Å². The molecule has 18 heavy (non-hydrogen) atoms. The topological polar surface area (TPSA) is 86.0 Å². The number of nitrogens with two attached hydrogens (primary N) is 1. The minimum atomic E-state index is 0.182. The van der Waals surface area contributed by atoms with Gasteiger partial charge in [-0.05, 0) is 24.7 Å². The first-order chi connectivity index (χ1) is 8.67. The Bertz CT molecular complexity index is 403. The molecular weight excluding hydrogens is 230 g/mol. The van der Waals surface area contributed by atoms with Gasteiger partial charge in [0.1, 0.15) is 0 Å². The average Bonchev–Trinajstić information content (AvgIpc) is 2.85. The largest absolute Gasteiger partial charge is 0.467 e. The van der Waals surface area contributed by atoms with Crippen molar-refractivity contribution in [3.05, 3.63) is 0 Å². The molecule has 0 radical (unpaired) electrons. The number of ether oxygens (including phenoxy) is 1. The predicted molar refractivity (Wildman–Crippen MR) is 70.5 cm³/mol. The summed E-state index contributed by atoms with van der Waals surface area (Å²) in [6.45, 7) is 3.13. The SMILES string of the molecule is CCC1(CNc2nc(N)nc(OC)n2)CCCC1. The van der Waals surface area contributed by atoms with Gasteiger partial charge in [0.05, 0.1) is 7.11 Å². The summed E-state index contributed by atoms with van der Waals surface area (Å²) in [5.41, 5.74) is 5.99. The zero-order chi connectivity index (χ0) is 13.0. The molecule has 0 spiro atoms. The van der Waals surface area contributed by atoms with Crippen LogP contribution in [0.1, 0.15) is 39.0 Å². The Labute approximate surface area is 107 Å². The second-order valence-corrected chi connectivity index (χ2v) is 4.92. The van der Waals surface area contributed by atoms with Crippen LogP contribution in [-0.2, 0) is 0 Å². The van der Waals surface area contributed by atoms with Gasteiger partial charge in [0, 0.05) is 6.54 Å². The number of methoxy groups -OCH3 is 1. The minimum Gasteiger partial charge on any atom is -0.467 e. The second-order valence-electron chi connectivity index (χ2n) is 4.92. The fourth-order valence-electron chi connectivity index (χ4n) is 2.59. The van der Waals surface area contributed by atoms with Crippen molar-refractivity contribution in [3.8, 4) is 6.01 Å². The fraction of sp³-hybridized carbons (Fsp3) is 0.750. The molecule has 2 rings (SSSR count). The van der Waals surface area contributed by atoms with Crippen molar-refractivity contribution in [2.75, 3.05) is 24.7 Å². The monoisotopic (exact) mass is 251 g/mol. The van der Waals surface area contributed by atoms with Crippen molar-refractivity contribution in [2.45, 2.75) is 39.0 Å². The summed E-state index contributed by atoms with van der Waals surface area (Å²) >= 11 is 0. The lowest BCUT2D eigenvalue weighted by atomic mass is 9.83. The van der Waals surface area contributed by atoms with E-state index in [0.29, 0.717) is 11.4 Å². The van der Waals surface area contributed by atoms with E-state index >= 15 is 0 Å². The lowest BCUT2D eigenvalue weighted by Crippen LogP contribution is -2.26. The standard InChI is InChI=1S/C12H21N5O/c1-3-12(6-4-5-7-12)8-14-10-15-9(13)16-11(17-10)18-2/h3-8H2,1-2H3,(H3,13,14,15,16,17). The van der Waals surface area contributed by atoms with Gasteiger partial charge in [-0.25, -0.2) is 0 Å². The highest BCUT2D eigenvalue weighted by molar-refractivity contribution is 5.32. The number of anilines is 2. The lowest BCUT2D eigenvalue weighted by Gasteiger charge is -2.27. The van der Waals surface area contributed by atoms with E-state index in [1.54, 1.807) is 0 Å². The number of rotatable bonds is 5. The molecule has 0 atom stereocenters. The van der Waals surface area contributed by atoms with E-state index in [2.05, 4.69) is 27.2 Å². The summed E-state index contributed by atoms with van der Waals surface area (Å²) in [5, 5.41) is 3.27. The molecule has 1 aromatic rings. The van der Waals surface area contributed by atoms with Crippen molar-refractivity contribution < 1.29 is 4.74 Å². The van der Waals surface area contributed by atoms with Gasteiger partial charge in [-0.3, -0.25) is 0 Å². The maximum Gasteiger partial charge on any atom is 0.322 e. The molecule has 6 heteroatoms. The third kappa shape index (κ3) is 2.80.